The van der Waals surface area contributed by atoms with Crippen molar-refractivity contribution in [1.29, 1.82) is 0 Å². The van der Waals surface area contributed by atoms with Gasteiger partial charge in [-0.25, -0.2) is 0 Å². The summed E-state index contributed by atoms with van der Waals surface area (Å²) in [5.74, 6) is 0.322. The van der Waals surface area contributed by atoms with E-state index in [0.29, 0.717) is 17.0 Å². The van der Waals surface area contributed by atoms with Crippen molar-refractivity contribution >= 4 is 11.6 Å². The number of fused-ring (bicyclic) bond motifs is 1. The minimum atomic E-state index is -4.48. The molecule has 1 amide bonds. The molecule has 0 bridgehead atoms. The standard InChI is InChI=1S/C16H13F3N2O2/c1-10-15(22)21(12-4-2-3-5-13(12)23-10)9-11-6-7-14(20-8-11)16(17,18)19/h2-8,10H,9H2,1H3. The number of carbonyl (C=O) groups excluding carboxylic acids is 1. The fourth-order valence-electron chi connectivity index (χ4n) is 2.39. The van der Waals surface area contributed by atoms with Crippen LogP contribution in [0.1, 0.15) is 18.2 Å². The predicted octanol–water partition coefficient (Wildman–Crippen LogP) is 3.41. The van der Waals surface area contributed by atoms with Gasteiger partial charge >= 0.3 is 6.18 Å². The lowest BCUT2D eigenvalue weighted by Crippen LogP contribution is -2.43. The summed E-state index contributed by atoms with van der Waals surface area (Å²) in [6.45, 7) is 1.77. The smallest absolute Gasteiger partial charge is 0.433 e. The van der Waals surface area contributed by atoms with Crippen molar-refractivity contribution < 1.29 is 22.7 Å². The van der Waals surface area contributed by atoms with Crippen LogP contribution in [0.4, 0.5) is 18.9 Å². The Morgan fingerprint density at radius 3 is 2.61 bits per heavy atom. The summed E-state index contributed by atoms with van der Waals surface area (Å²) in [4.78, 5) is 17.2. The first-order valence-electron chi connectivity index (χ1n) is 6.95. The molecule has 1 aliphatic rings. The topological polar surface area (TPSA) is 42.4 Å². The normalized spacial score (nSPS) is 17.7. The van der Waals surface area contributed by atoms with E-state index < -0.39 is 18.0 Å². The Labute approximate surface area is 130 Å². The average molecular weight is 322 g/mol. The van der Waals surface area contributed by atoms with Crippen molar-refractivity contribution in [1.82, 2.24) is 4.98 Å². The summed E-state index contributed by atoms with van der Waals surface area (Å²) in [5, 5.41) is 0. The number of anilines is 1. The number of hydrogen-bond acceptors (Lipinski definition) is 3. The Morgan fingerprint density at radius 1 is 1.22 bits per heavy atom. The van der Waals surface area contributed by atoms with Crippen LogP contribution in [0.2, 0.25) is 0 Å². The Morgan fingerprint density at radius 2 is 1.96 bits per heavy atom. The lowest BCUT2D eigenvalue weighted by atomic mass is 10.1. The Hall–Kier alpha value is -2.57. The van der Waals surface area contributed by atoms with Crippen molar-refractivity contribution in [3.63, 3.8) is 0 Å². The first-order chi connectivity index (χ1) is 10.9. The third-order valence-corrected chi connectivity index (χ3v) is 3.53. The lowest BCUT2D eigenvalue weighted by molar-refractivity contribution is -0.141. The zero-order valence-corrected chi connectivity index (χ0v) is 12.2. The highest BCUT2D eigenvalue weighted by atomic mass is 19.4. The van der Waals surface area contributed by atoms with E-state index >= 15 is 0 Å². The zero-order chi connectivity index (χ0) is 16.6. The summed E-state index contributed by atoms with van der Waals surface area (Å²) in [5.41, 5.74) is 0.147. The summed E-state index contributed by atoms with van der Waals surface area (Å²) in [6, 6.07) is 9.27. The van der Waals surface area contributed by atoms with E-state index in [9.17, 15) is 18.0 Å². The van der Waals surface area contributed by atoms with Crippen LogP contribution in [0, 0.1) is 0 Å². The van der Waals surface area contributed by atoms with Gasteiger partial charge in [-0.2, -0.15) is 13.2 Å². The molecule has 1 unspecified atom stereocenters. The van der Waals surface area contributed by atoms with Crippen molar-refractivity contribution in [2.24, 2.45) is 0 Å². The van der Waals surface area contributed by atoms with E-state index in [0.717, 1.165) is 12.3 Å². The minimum Gasteiger partial charge on any atom is -0.479 e. The second-order valence-corrected chi connectivity index (χ2v) is 5.20. The molecular formula is C16H13F3N2O2. The van der Waals surface area contributed by atoms with E-state index in [-0.39, 0.29) is 12.5 Å². The number of para-hydroxylation sites is 2. The number of nitrogens with zero attached hydrogens (tertiary/aromatic N) is 2. The molecule has 23 heavy (non-hydrogen) atoms. The summed E-state index contributed by atoms with van der Waals surface area (Å²) in [6.07, 6.45) is -3.99. The van der Waals surface area contributed by atoms with Crippen LogP contribution in [0.3, 0.4) is 0 Å². The monoisotopic (exact) mass is 322 g/mol. The Kier molecular flexibility index (Phi) is 3.71. The second kappa shape index (κ2) is 5.57. The van der Waals surface area contributed by atoms with Crippen LogP contribution < -0.4 is 9.64 Å². The minimum absolute atomic E-state index is 0.134. The fourth-order valence-corrected chi connectivity index (χ4v) is 2.39. The van der Waals surface area contributed by atoms with E-state index in [1.54, 1.807) is 31.2 Å². The van der Waals surface area contributed by atoms with E-state index in [1.807, 2.05) is 0 Å². The number of carbonyl (C=O) groups is 1. The van der Waals surface area contributed by atoms with Crippen molar-refractivity contribution in [2.45, 2.75) is 25.7 Å². The van der Waals surface area contributed by atoms with Gasteiger partial charge in [0.05, 0.1) is 12.2 Å². The summed E-state index contributed by atoms with van der Waals surface area (Å²) < 4.78 is 43.2. The quantitative estimate of drug-likeness (QED) is 0.851. The molecule has 2 aromatic rings. The molecule has 3 rings (SSSR count). The average Bonchev–Trinajstić information content (AvgIpc) is 2.51. The van der Waals surface area contributed by atoms with Crippen LogP contribution >= 0.6 is 0 Å². The largest absolute Gasteiger partial charge is 0.479 e. The van der Waals surface area contributed by atoms with Crippen LogP contribution in [-0.2, 0) is 17.5 Å². The molecule has 1 aromatic carbocycles. The SMILES string of the molecule is CC1Oc2ccccc2N(Cc2ccc(C(F)(F)F)nc2)C1=O. The van der Waals surface area contributed by atoms with Crippen LogP contribution in [-0.4, -0.2) is 17.0 Å². The molecule has 120 valence electrons. The molecule has 1 aromatic heterocycles. The third kappa shape index (κ3) is 2.99. The van der Waals surface area contributed by atoms with E-state index in [2.05, 4.69) is 4.98 Å². The molecule has 0 saturated heterocycles. The number of pyridine rings is 1. The van der Waals surface area contributed by atoms with Gasteiger partial charge in [0.15, 0.2) is 6.10 Å². The molecule has 4 nitrogen and oxygen atoms in total. The highest BCUT2D eigenvalue weighted by Gasteiger charge is 2.33. The molecule has 2 heterocycles. The highest BCUT2D eigenvalue weighted by molar-refractivity contribution is 5.99. The molecule has 0 saturated carbocycles. The number of amides is 1. The van der Waals surface area contributed by atoms with Gasteiger partial charge in [0.1, 0.15) is 11.4 Å². The van der Waals surface area contributed by atoms with Gasteiger partial charge in [-0.05, 0) is 30.7 Å². The number of hydrogen-bond donors (Lipinski definition) is 0. The molecule has 0 fully saturated rings. The first-order valence-corrected chi connectivity index (χ1v) is 6.95. The van der Waals surface area contributed by atoms with Gasteiger partial charge in [0, 0.05) is 6.20 Å². The van der Waals surface area contributed by atoms with Crippen LogP contribution in [0.15, 0.2) is 42.6 Å². The van der Waals surface area contributed by atoms with Gasteiger partial charge in [-0.1, -0.05) is 18.2 Å². The molecule has 0 spiro atoms. The van der Waals surface area contributed by atoms with Crippen LogP contribution in [0.25, 0.3) is 0 Å². The van der Waals surface area contributed by atoms with Gasteiger partial charge < -0.3 is 9.64 Å². The Bertz CT molecular complexity index is 729. The molecule has 0 radical (unpaired) electrons. The maximum absolute atomic E-state index is 12.5. The third-order valence-electron chi connectivity index (χ3n) is 3.53. The summed E-state index contributed by atoms with van der Waals surface area (Å²) >= 11 is 0. The van der Waals surface area contributed by atoms with Gasteiger partial charge in [0.25, 0.3) is 5.91 Å². The van der Waals surface area contributed by atoms with Gasteiger partial charge in [-0.15, -0.1) is 0 Å². The molecule has 0 N–H and O–H groups in total. The van der Waals surface area contributed by atoms with E-state index in [4.69, 9.17) is 4.74 Å². The molecule has 1 atom stereocenters. The number of alkyl halides is 3. The number of aromatic nitrogens is 1. The maximum Gasteiger partial charge on any atom is 0.433 e. The zero-order valence-electron chi connectivity index (χ0n) is 12.2. The van der Waals surface area contributed by atoms with Crippen molar-refractivity contribution in [2.75, 3.05) is 4.90 Å². The van der Waals surface area contributed by atoms with Gasteiger partial charge in [0.2, 0.25) is 0 Å². The summed E-state index contributed by atoms with van der Waals surface area (Å²) in [7, 11) is 0. The van der Waals surface area contributed by atoms with Crippen molar-refractivity contribution in [3.8, 4) is 5.75 Å². The highest BCUT2D eigenvalue weighted by Crippen LogP contribution is 2.34. The number of ether oxygens (including phenoxy) is 1. The molecular weight excluding hydrogens is 309 g/mol. The second-order valence-electron chi connectivity index (χ2n) is 5.20. The number of benzene rings is 1. The predicted molar refractivity (Wildman–Crippen MR) is 77.0 cm³/mol. The Balaban J connectivity index is 1.88. The first kappa shape index (κ1) is 15.3. The molecule has 7 heteroatoms. The lowest BCUT2D eigenvalue weighted by Gasteiger charge is -2.33. The number of rotatable bonds is 2. The molecule has 1 aliphatic heterocycles. The molecule has 0 aliphatic carbocycles. The number of halogens is 3. The van der Waals surface area contributed by atoms with E-state index in [1.165, 1.54) is 11.0 Å². The van der Waals surface area contributed by atoms with Crippen molar-refractivity contribution in [3.05, 3.63) is 53.9 Å². The van der Waals surface area contributed by atoms with Crippen LogP contribution in [0.5, 0.6) is 5.75 Å². The fraction of sp³-hybridized carbons (Fsp3) is 0.250. The van der Waals surface area contributed by atoms with Gasteiger partial charge in [-0.3, -0.25) is 9.78 Å². The maximum atomic E-state index is 12.5.